The Balaban J connectivity index is 1.38. The van der Waals surface area contributed by atoms with E-state index in [0.29, 0.717) is 17.3 Å². The predicted molar refractivity (Wildman–Crippen MR) is 121 cm³/mol. The van der Waals surface area contributed by atoms with Crippen molar-refractivity contribution in [3.05, 3.63) is 78.0 Å². The second-order valence-corrected chi connectivity index (χ2v) is 9.86. The minimum absolute atomic E-state index is 0.0460. The van der Waals surface area contributed by atoms with Gasteiger partial charge in [-0.15, -0.1) is 0 Å². The molecule has 1 aromatic carbocycles. The van der Waals surface area contributed by atoms with Gasteiger partial charge in [-0.3, -0.25) is 4.79 Å². The lowest BCUT2D eigenvalue weighted by molar-refractivity contribution is -0.147. The highest BCUT2D eigenvalue weighted by atomic mass is 16.5. The van der Waals surface area contributed by atoms with Gasteiger partial charge in [0.25, 0.3) is 0 Å². The first-order chi connectivity index (χ1) is 15.2. The molecule has 3 aromatic rings. The topological polar surface area (TPSA) is 74.2 Å². The zero-order chi connectivity index (χ0) is 22.9. The van der Waals surface area contributed by atoms with Crippen LogP contribution < -0.4 is 4.74 Å². The van der Waals surface area contributed by atoms with Crippen LogP contribution in [0, 0.1) is 11.3 Å². The number of pyridine rings is 1. The Bertz CT molecular complexity index is 1090. The van der Waals surface area contributed by atoms with Gasteiger partial charge in [0.2, 0.25) is 5.88 Å². The van der Waals surface area contributed by atoms with E-state index in [1.54, 1.807) is 6.07 Å². The number of carbonyl (C=O) groups excluding carboxylic acids is 1. The fourth-order valence-corrected chi connectivity index (χ4v) is 4.02. The normalized spacial score (nSPS) is 19.3. The van der Waals surface area contributed by atoms with Crippen LogP contribution in [0.2, 0.25) is 0 Å². The number of para-hydroxylation sites is 1. The fraction of sp³-hybridized carbons (Fsp3) is 0.385. The third kappa shape index (κ3) is 4.64. The molecule has 1 aliphatic carbocycles. The van der Waals surface area contributed by atoms with Crippen LogP contribution in [0.15, 0.2) is 60.9 Å². The van der Waals surface area contributed by atoms with Gasteiger partial charge in [0.05, 0.1) is 11.6 Å². The molecule has 0 unspecified atom stereocenters. The Morgan fingerprint density at radius 3 is 2.34 bits per heavy atom. The molecule has 2 heterocycles. The van der Waals surface area contributed by atoms with E-state index in [4.69, 9.17) is 9.47 Å². The summed E-state index contributed by atoms with van der Waals surface area (Å²) in [5.74, 6) is 1.56. The number of hydrogen-bond acceptors (Lipinski definition) is 6. The molecule has 2 atom stereocenters. The maximum atomic E-state index is 12.9. The van der Waals surface area contributed by atoms with E-state index in [9.17, 15) is 4.79 Å². The van der Waals surface area contributed by atoms with Crippen LogP contribution in [0.3, 0.4) is 0 Å². The maximum Gasteiger partial charge on any atom is 0.310 e. The Hall–Kier alpha value is -3.28. The van der Waals surface area contributed by atoms with Crippen molar-refractivity contribution in [2.24, 2.45) is 11.3 Å². The molecule has 4 rings (SSSR count). The zero-order valence-corrected chi connectivity index (χ0v) is 19.2. The van der Waals surface area contributed by atoms with E-state index in [1.165, 1.54) is 0 Å². The van der Waals surface area contributed by atoms with Crippen molar-refractivity contribution in [2.45, 2.75) is 52.6 Å². The molecule has 1 aliphatic rings. The molecule has 166 valence electrons. The van der Waals surface area contributed by atoms with Gasteiger partial charge in [-0.25, -0.2) is 15.0 Å². The minimum atomic E-state index is -0.227. The van der Waals surface area contributed by atoms with Crippen LogP contribution in [0.5, 0.6) is 11.6 Å². The summed E-state index contributed by atoms with van der Waals surface area (Å²) in [6.45, 7) is 10.5. The van der Waals surface area contributed by atoms with E-state index in [1.807, 2.05) is 54.9 Å². The molecular weight excluding hydrogens is 402 g/mol. The average Bonchev–Trinajstić information content (AvgIpc) is 3.34. The molecule has 1 saturated carbocycles. The van der Waals surface area contributed by atoms with Crippen molar-refractivity contribution in [2.75, 3.05) is 0 Å². The first-order valence-corrected chi connectivity index (χ1v) is 10.8. The maximum absolute atomic E-state index is 12.9. The molecule has 0 radical (unpaired) electrons. The van der Waals surface area contributed by atoms with E-state index >= 15 is 0 Å². The lowest BCUT2D eigenvalue weighted by Gasteiger charge is -2.16. The summed E-state index contributed by atoms with van der Waals surface area (Å²) in [6, 6.07) is 14.9. The number of rotatable bonds is 6. The highest BCUT2D eigenvalue weighted by Gasteiger charge is 2.63. The van der Waals surface area contributed by atoms with E-state index in [2.05, 4.69) is 49.6 Å². The van der Waals surface area contributed by atoms with Crippen molar-refractivity contribution >= 4 is 5.97 Å². The molecule has 32 heavy (non-hydrogen) atoms. The van der Waals surface area contributed by atoms with Crippen LogP contribution in [-0.2, 0) is 21.6 Å². The number of nitrogens with zero attached hydrogens (tertiary/aromatic N) is 3. The summed E-state index contributed by atoms with van der Waals surface area (Å²) >= 11 is 0. The van der Waals surface area contributed by atoms with Gasteiger partial charge in [-0.1, -0.05) is 58.9 Å². The molecule has 6 heteroatoms. The number of carbonyl (C=O) groups is 1. The molecule has 1 fully saturated rings. The monoisotopic (exact) mass is 431 g/mol. The van der Waals surface area contributed by atoms with Gasteiger partial charge in [0.15, 0.2) is 0 Å². The number of aromatic nitrogens is 3. The molecule has 0 spiro atoms. The van der Waals surface area contributed by atoms with Crippen molar-refractivity contribution in [1.82, 2.24) is 15.0 Å². The third-order valence-electron chi connectivity index (χ3n) is 5.89. The molecule has 0 aliphatic heterocycles. The quantitative estimate of drug-likeness (QED) is 0.484. The van der Waals surface area contributed by atoms with Gasteiger partial charge < -0.3 is 9.47 Å². The summed E-state index contributed by atoms with van der Waals surface area (Å²) in [5, 5.41) is 0. The highest BCUT2D eigenvalue weighted by molar-refractivity contribution is 5.79. The first-order valence-electron chi connectivity index (χ1n) is 10.8. The number of benzene rings is 1. The van der Waals surface area contributed by atoms with Gasteiger partial charge in [0.1, 0.15) is 18.2 Å². The lowest BCUT2D eigenvalue weighted by Crippen LogP contribution is -2.16. The van der Waals surface area contributed by atoms with Gasteiger partial charge in [-0.05, 0) is 29.2 Å². The zero-order valence-electron chi connectivity index (χ0n) is 19.2. The molecule has 2 aromatic heterocycles. The first kappa shape index (κ1) is 21.9. The average molecular weight is 432 g/mol. The largest absolute Gasteiger partial charge is 0.459 e. The second-order valence-electron chi connectivity index (χ2n) is 9.86. The van der Waals surface area contributed by atoms with E-state index in [-0.39, 0.29) is 35.2 Å². The van der Waals surface area contributed by atoms with Crippen LogP contribution in [-0.4, -0.2) is 20.9 Å². The lowest BCUT2D eigenvalue weighted by atomic mass is 9.95. The van der Waals surface area contributed by atoms with Crippen molar-refractivity contribution < 1.29 is 14.3 Å². The smallest absolute Gasteiger partial charge is 0.310 e. The second kappa shape index (κ2) is 8.34. The van der Waals surface area contributed by atoms with E-state index < -0.39 is 0 Å². The van der Waals surface area contributed by atoms with Gasteiger partial charge in [-0.2, -0.15) is 0 Å². The van der Waals surface area contributed by atoms with Crippen molar-refractivity contribution in [1.29, 1.82) is 0 Å². The predicted octanol–water partition coefficient (Wildman–Crippen LogP) is 5.44. The van der Waals surface area contributed by atoms with E-state index in [0.717, 1.165) is 11.4 Å². The van der Waals surface area contributed by atoms with Crippen molar-refractivity contribution in [3.8, 4) is 11.6 Å². The molecule has 0 bridgehead atoms. The molecule has 6 nitrogen and oxygen atoms in total. The summed E-state index contributed by atoms with van der Waals surface area (Å²) in [6.07, 6.45) is 3.69. The van der Waals surface area contributed by atoms with Gasteiger partial charge >= 0.3 is 5.97 Å². The van der Waals surface area contributed by atoms with Crippen LogP contribution in [0.4, 0.5) is 0 Å². The summed E-state index contributed by atoms with van der Waals surface area (Å²) in [7, 11) is 0. The Morgan fingerprint density at radius 2 is 1.69 bits per heavy atom. The van der Waals surface area contributed by atoms with Gasteiger partial charge in [0, 0.05) is 29.8 Å². The van der Waals surface area contributed by atoms with Crippen LogP contribution >= 0.6 is 0 Å². The Morgan fingerprint density at radius 1 is 1.00 bits per heavy atom. The minimum Gasteiger partial charge on any atom is -0.459 e. The van der Waals surface area contributed by atoms with Crippen LogP contribution in [0.25, 0.3) is 0 Å². The Labute approximate surface area is 189 Å². The molecule has 0 amide bonds. The van der Waals surface area contributed by atoms with Crippen molar-refractivity contribution in [3.63, 3.8) is 0 Å². The standard InChI is InChI=1S/C26H29N3O3/c1-25(2,3)24-27-14-17(15-28-24)21-22(26(21,4)5)23(30)31-16-18-10-9-13-20(29-18)32-19-11-7-6-8-12-19/h6-15,21-22H,16H2,1-5H3/t21-,22+/m1/s1. The Kier molecular flexibility index (Phi) is 5.71. The third-order valence-corrected chi connectivity index (χ3v) is 5.89. The SMILES string of the molecule is CC(C)(C)c1ncc([C@@H]2[C@@H](C(=O)OCc3cccc(Oc4ccccc4)n3)C2(C)C)cn1. The fourth-order valence-electron chi connectivity index (χ4n) is 4.02. The summed E-state index contributed by atoms with van der Waals surface area (Å²) in [4.78, 5) is 26.3. The summed E-state index contributed by atoms with van der Waals surface area (Å²) < 4.78 is 11.4. The number of hydrogen-bond donors (Lipinski definition) is 0. The molecule has 0 saturated heterocycles. The highest BCUT2D eigenvalue weighted by Crippen LogP contribution is 2.64. The number of ether oxygens (including phenoxy) is 2. The number of esters is 1. The molecular formula is C26H29N3O3. The molecule has 0 N–H and O–H groups in total. The summed E-state index contributed by atoms with van der Waals surface area (Å²) in [5.41, 5.74) is 1.30. The van der Waals surface area contributed by atoms with Crippen LogP contribution in [0.1, 0.15) is 57.6 Å².